The number of nitrogens with one attached hydrogen (secondary N) is 1. The second-order valence-corrected chi connectivity index (χ2v) is 7.26. The third kappa shape index (κ3) is 5.68. The molecular weight excluding hydrogens is 300 g/mol. The van der Waals surface area contributed by atoms with Crippen LogP contribution in [0.5, 0.6) is 0 Å². The summed E-state index contributed by atoms with van der Waals surface area (Å²) in [4.78, 5) is 16.8. The molecule has 2 aliphatic rings. The Labute approximate surface area is 138 Å². The zero-order chi connectivity index (χ0) is 16.8. The number of halogens is 2. The molecule has 0 aromatic heterocycles. The highest BCUT2D eigenvalue weighted by Crippen LogP contribution is 2.19. The fourth-order valence-corrected chi connectivity index (χ4v) is 3.83. The first-order valence-electron chi connectivity index (χ1n) is 9.02. The summed E-state index contributed by atoms with van der Waals surface area (Å²) in [7, 11) is 0. The van der Waals surface area contributed by atoms with Crippen LogP contribution in [0.4, 0.5) is 8.78 Å². The Hall–Kier alpha value is -0.750. The van der Waals surface area contributed by atoms with Crippen molar-refractivity contribution in [3.63, 3.8) is 0 Å². The molecular formula is C17H31F2N3O. The zero-order valence-corrected chi connectivity index (χ0v) is 14.4. The molecule has 0 aliphatic carbocycles. The van der Waals surface area contributed by atoms with E-state index in [0.29, 0.717) is 13.1 Å². The van der Waals surface area contributed by atoms with E-state index in [-0.39, 0.29) is 30.5 Å². The second kappa shape index (κ2) is 8.92. The monoisotopic (exact) mass is 331 g/mol. The fraction of sp³-hybridized carbons (Fsp3) is 0.941. The van der Waals surface area contributed by atoms with Crippen LogP contribution in [0, 0.1) is 5.92 Å². The van der Waals surface area contributed by atoms with Crippen LogP contribution in [0.1, 0.15) is 46.0 Å². The predicted octanol–water partition coefficient (Wildman–Crippen LogP) is 2.34. The molecule has 0 radical (unpaired) electrons. The molecule has 0 aromatic carbocycles. The van der Waals surface area contributed by atoms with Crippen LogP contribution >= 0.6 is 0 Å². The maximum Gasteiger partial charge on any atom is 0.251 e. The lowest BCUT2D eigenvalue weighted by molar-refractivity contribution is -0.129. The lowest BCUT2D eigenvalue weighted by Gasteiger charge is -2.38. The summed E-state index contributed by atoms with van der Waals surface area (Å²) in [6, 6.07) is 0.0665. The van der Waals surface area contributed by atoms with E-state index in [1.54, 1.807) is 4.90 Å². The van der Waals surface area contributed by atoms with E-state index >= 15 is 0 Å². The van der Waals surface area contributed by atoms with Gasteiger partial charge in [0.25, 0.3) is 6.43 Å². The topological polar surface area (TPSA) is 35.6 Å². The van der Waals surface area contributed by atoms with Gasteiger partial charge in [-0.05, 0) is 44.7 Å². The number of hydrogen-bond acceptors (Lipinski definition) is 3. The lowest BCUT2D eigenvalue weighted by Crippen LogP contribution is -2.55. The van der Waals surface area contributed by atoms with Gasteiger partial charge in [0.05, 0.1) is 12.6 Å². The molecule has 6 heteroatoms. The molecule has 1 atom stereocenters. The fourth-order valence-electron chi connectivity index (χ4n) is 3.83. The molecule has 2 fully saturated rings. The molecule has 2 heterocycles. The van der Waals surface area contributed by atoms with Gasteiger partial charge in [0.2, 0.25) is 5.91 Å². The van der Waals surface area contributed by atoms with Gasteiger partial charge in [0, 0.05) is 19.1 Å². The highest BCUT2D eigenvalue weighted by Gasteiger charge is 2.32. The molecule has 2 aliphatic heterocycles. The van der Waals surface area contributed by atoms with Crippen molar-refractivity contribution in [1.29, 1.82) is 0 Å². The maximum atomic E-state index is 12.7. The molecule has 1 N–H and O–H groups in total. The molecule has 134 valence electrons. The standard InChI is InChI=1S/C17H31F2N3O/c1-13(2)16(22-8-4-3-5-9-22)17(23)20-14-6-10-21(11-7-14)12-15(18)19/h13-16H,3-12H2,1-2H3,(H,20,23)/t16-/m1/s1. The Morgan fingerprint density at radius 3 is 2.22 bits per heavy atom. The van der Waals surface area contributed by atoms with E-state index < -0.39 is 6.43 Å². The average Bonchev–Trinajstić information content (AvgIpc) is 2.49. The van der Waals surface area contributed by atoms with Gasteiger partial charge in [-0.3, -0.25) is 14.6 Å². The van der Waals surface area contributed by atoms with Gasteiger partial charge >= 0.3 is 0 Å². The van der Waals surface area contributed by atoms with E-state index in [1.807, 2.05) is 0 Å². The summed E-state index contributed by atoms with van der Waals surface area (Å²) >= 11 is 0. The molecule has 0 unspecified atom stereocenters. The molecule has 0 spiro atoms. The molecule has 1 amide bonds. The van der Waals surface area contributed by atoms with Gasteiger partial charge < -0.3 is 5.32 Å². The van der Waals surface area contributed by atoms with Gasteiger partial charge in [-0.25, -0.2) is 8.78 Å². The van der Waals surface area contributed by atoms with Crippen LogP contribution in [0.25, 0.3) is 0 Å². The van der Waals surface area contributed by atoms with Gasteiger partial charge in [-0.1, -0.05) is 20.3 Å². The molecule has 0 saturated carbocycles. The molecule has 2 saturated heterocycles. The molecule has 2 rings (SSSR count). The molecule has 0 aromatic rings. The largest absolute Gasteiger partial charge is 0.352 e. The van der Waals surface area contributed by atoms with Gasteiger partial charge in [-0.2, -0.15) is 0 Å². The van der Waals surface area contributed by atoms with Crippen LogP contribution in [-0.2, 0) is 4.79 Å². The summed E-state index contributed by atoms with van der Waals surface area (Å²) in [6.07, 6.45) is 2.86. The first-order valence-corrected chi connectivity index (χ1v) is 9.02. The minimum Gasteiger partial charge on any atom is -0.352 e. The van der Waals surface area contributed by atoms with Crippen molar-refractivity contribution in [2.45, 2.75) is 64.5 Å². The highest BCUT2D eigenvalue weighted by molar-refractivity contribution is 5.82. The Balaban J connectivity index is 1.82. The lowest BCUT2D eigenvalue weighted by atomic mass is 9.97. The second-order valence-electron chi connectivity index (χ2n) is 7.26. The van der Waals surface area contributed by atoms with E-state index in [2.05, 4.69) is 24.1 Å². The first kappa shape index (κ1) is 18.6. The SMILES string of the molecule is CC(C)[C@H](C(=O)NC1CCN(CC(F)F)CC1)N1CCCCC1. The van der Waals surface area contributed by atoms with Crippen LogP contribution in [0.2, 0.25) is 0 Å². The van der Waals surface area contributed by atoms with Crippen LogP contribution in [0.15, 0.2) is 0 Å². The summed E-state index contributed by atoms with van der Waals surface area (Å²) in [5.41, 5.74) is 0. The molecule has 4 nitrogen and oxygen atoms in total. The summed E-state index contributed by atoms with van der Waals surface area (Å²) in [5, 5.41) is 3.18. The Kier molecular flexibility index (Phi) is 7.21. The maximum absolute atomic E-state index is 12.7. The van der Waals surface area contributed by atoms with Crippen molar-refractivity contribution in [3.05, 3.63) is 0 Å². The predicted molar refractivity (Wildman–Crippen MR) is 87.7 cm³/mol. The Morgan fingerprint density at radius 1 is 1.09 bits per heavy atom. The number of nitrogens with zero attached hydrogens (tertiary/aromatic N) is 2. The van der Waals surface area contributed by atoms with E-state index in [4.69, 9.17) is 0 Å². The van der Waals surface area contributed by atoms with Gasteiger partial charge in [0.15, 0.2) is 0 Å². The van der Waals surface area contributed by atoms with Crippen molar-refractivity contribution < 1.29 is 13.6 Å². The summed E-state index contributed by atoms with van der Waals surface area (Å²) in [6.45, 7) is 7.35. The number of piperidine rings is 2. The van der Waals surface area contributed by atoms with Crippen LogP contribution in [0.3, 0.4) is 0 Å². The van der Waals surface area contributed by atoms with Gasteiger partial charge in [-0.15, -0.1) is 0 Å². The highest BCUT2D eigenvalue weighted by atomic mass is 19.3. The van der Waals surface area contributed by atoms with Crippen molar-refractivity contribution in [2.24, 2.45) is 5.92 Å². The van der Waals surface area contributed by atoms with E-state index in [1.165, 1.54) is 19.3 Å². The zero-order valence-electron chi connectivity index (χ0n) is 14.4. The summed E-state index contributed by atoms with van der Waals surface area (Å²) in [5.74, 6) is 0.404. The number of likely N-dealkylation sites (tertiary alicyclic amines) is 2. The number of rotatable bonds is 6. The summed E-state index contributed by atoms with van der Waals surface area (Å²) < 4.78 is 24.8. The first-order chi connectivity index (χ1) is 11.0. The van der Waals surface area contributed by atoms with Crippen molar-refractivity contribution in [2.75, 3.05) is 32.7 Å². The number of carbonyl (C=O) groups is 1. The van der Waals surface area contributed by atoms with E-state index in [0.717, 1.165) is 25.9 Å². The quantitative estimate of drug-likeness (QED) is 0.811. The van der Waals surface area contributed by atoms with Crippen molar-refractivity contribution in [3.8, 4) is 0 Å². The smallest absolute Gasteiger partial charge is 0.251 e. The number of amides is 1. The normalized spacial score (nSPS) is 23.4. The Morgan fingerprint density at radius 2 is 1.70 bits per heavy atom. The van der Waals surface area contributed by atoms with E-state index in [9.17, 15) is 13.6 Å². The van der Waals surface area contributed by atoms with Gasteiger partial charge in [0.1, 0.15) is 0 Å². The minimum absolute atomic E-state index is 0.0607. The molecule has 23 heavy (non-hydrogen) atoms. The minimum atomic E-state index is -2.27. The third-order valence-corrected chi connectivity index (χ3v) is 5.01. The van der Waals surface area contributed by atoms with Crippen molar-refractivity contribution in [1.82, 2.24) is 15.1 Å². The number of hydrogen-bond donors (Lipinski definition) is 1. The number of carbonyl (C=O) groups excluding carboxylic acids is 1. The van der Waals surface area contributed by atoms with Crippen molar-refractivity contribution >= 4 is 5.91 Å². The average molecular weight is 331 g/mol. The van der Waals surface area contributed by atoms with Crippen LogP contribution in [-0.4, -0.2) is 66.9 Å². The molecule has 0 bridgehead atoms. The third-order valence-electron chi connectivity index (χ3n) is 5.01. The van der Waals surface area contributed by atoms with Crippen LogP contribution < -0.4 is 5.32 Å². The Bertz CT molecular complexity index is 365. The number of alkyl halides is 2.